The molecule has 0 aliphatic heterocycles. The van der Waals surface area contributed by atoms with Gasteiger partial charge in [-0.3, -0.25) is 4.72 Å². The average molecular weight is 357 g/mol. The quantitative estimate of drug-likeness (QED) is 0.738. The summed E-state index contributed by atoms with van der Waals surface area (Å²) in [6.07, 6.45) is 1.27. The van der Waals surface area contributed by atoms with Gasteiger partial charge in [0.15, 0.2) is 0 Å². The molecule has 0 unspecified atom stereocenters. The molecule has 0 saturated heterocycles. The number of halogens is 3. The van der Waals surface area contributed by atoms with Crippen molar-refractivity contribution in [2.45, 2.75) is 11.8 Å². The predicted octanol–water partition coefficient (Wildman–Crippen LogP) is 4.21. The van der Waals surface area contributed by atoms with Gasteiger partial charge >= 0.3 is 0 Å². The van der Waals surface area contributed by atoms with Crippen LogP contribution in [0.2, 0.25) is 5.02 Å². The van der Waals surface area contributed by atoms with E-state index >= 15 is 0 Å². The molecule has 0 bridgehead atoms. The molecule has 8 heteroatoms. The van der Waals surface area contributed by atoms with E-state index in [2.05, 4.69) is 9.71 Å². The van der Waals surface area contributed by atoms with Crippen molar-refractivity contribution in [1.82, 2.24) is 4.98 Å². The molecule has 120 valence electrons. The zero-order valence-electron chi connectivity index (χ0n) is 11.8. The number of anilines is 1. The normalized spacial score (nSPS) is 11.8. The molecule has 1 heterocycles. The summed E-state index contributed by atoms with van der Waals surface area (Å²) in [7, 11) is -4.09. The highest BCUT2D eigenvalue weighted by molar-refractivity contribution is 7.93. The third-order valence-corrected chi connectivity index (χ3v) is 5.03. The van der Waals surface area contributed by atoms with Crippen LogP contribution in [0.5, 0.6) is 0 Å². The number of hydrogen-bond acceptors (Lipinski definition) is 2. The summed E-state index contributed by atoms with van der Waals surface area (Å²) >= 11 is 5.85. The van der Waals surface area contributed by atoms with Crippen molar-refractivity contribution in [1.29, 1.82) is 0 Å². The van der Waals surface area contributed by atoms with E-state index in [0.29, 0.717) is 15.9 Å². The first-order valence-corrected chi connectivity index (χ1v) is 8.39. The van der Waals surface area contributed by atoms with Gasteiger partial charge in [0.1, 0.15) is 16.5 Å². The number of aromatic amines is 1. The van der Waals surface area contributed by atoms with Crippen LogP contribution in [0.25, 0.3) is 10.9 Å². The van der Waals surface area contributed by atoms with Gasteiger partial charge in [-0.1, -0.05) is 11.6 Å². The highest BCUT2D eigenvalue weighted by atomic mass is 35.5. The van der Waals surface area contributed by atoms with Crippen LogP contribution in [-0.4, -0.2) is 13.4 Å². The van der Waals surface area contributed by atoms with Gasteiger partial charge in [-0.15, -0.1) is 0 Å². The Morgan fingerprint density at radius 3 is 2.61 bits per heavy atom. The number of sulfonamides is 1. The third kappa shape index (κ3) is 2.89. The lowest BCUT2D eigenvalue weighted by molar-refractivity contribution is 0.591. The molecular weight excluding hydrogens is 346 g/mol. The second-order valence-electron chi connectivity index (χ2n) is 5.03. The predicted molar refractivity (Wildman–Crippen MR) is 85.2 cm³/mol. The van der Waals surface area contributed by atoms with E-state index in [1.165, 1.54) is 19.2 Å². The van der Waals surface area contributed by atoms with Crippen LogP contribution < -0.4 is 4.72 Å². The molecule has 0 atom stereocenters. The van der Waals surface area contributed by atoms with Crippen molar-refractivity contribution in [2.75, 3.05) is 4.72 Å². The molecule has 0 amide bonds. The van der Waals surface area contributed by atoms with Gasteiger partial charge in [-0.25, -0.2) is 17.2 Å². The molecule has 1 aromatic heterocycles. The molecule has 0 fully saturated rings. The van der Waals surface area contributed by atoms with Crippen molar-refractivity contribution < 1.29 is 17.2 Å². The average Bonchev–Trinajstić information content (AvgIpc) is 2.88. The van der Waals surface area contributed by atoms with Crippen molar-refractivity contribution in [3.63, 3.8) is 0 Å². The maximum atomic E-state index is 13.9. The highest BCUT2D eigenvalue weighted by Crippen LogP contribution is 2.28. The maximum absolute atomic E-state index is 13.9. The first-order chi connectivity index (χ1) is 10.8. The molecule has 0 aliphatic rings. The standard InChI is InChI=1S/C15H11ClF2N2O2S/c1-8-4-12(18)14(6-11(8)17)20-23(21,22)15-7-19-13-5-9(16)2-3-10(13)15/h2-7,19-20H,1H3. The number of rotatable bonds is 3. The van der Waals surface area contributed by atoms with Gasteiger partial charge in [0.25, 0.3) is 10.0 Å². The minimum Gasteiger partial charge on any atom is -0.360 e. The number of benzene rings is 2. The van der Waals surface area contributed by atoms with Crippen molar-refractivity contribution in [3.05, 3.63) is 58.7 Å². The summed E-state index contributed by atoms with van der Waals surface area (Å²) in [6.45, 7) is 1.39. The molecule has 2 aromatic carbocycles. The van der Waals surface area contributed by atoms with Gasteiger partial charge in [0, 0.05) is 28.2 Å². The first-order valence-electron chi connectivity index (χ1n) is 6.53. The second kappa shape index (κ2) is 5.50. The topological polar surface area (TPSA) is 62.0 Å². The lowest BCUT2D eigenvalue weighted by Gasteiger charge is -2.09. The molecule has 0 spiro atoms. The van der Waals surface area contributed by atoms with Gasteiger partial charge < -0.3 is 4.98 Å². The minimum atomic E-state index is -4.09. The summed E-state index contributed by atoms with van der Waals surface area (Å²) in [5, 5.41) is 0.845. The second-order valence-corrected chi connectivity index (χ2v) is 7.12. The van der Waals surface area contributed by atoms with Crippen LogP contribution >= 0.6 is 11.6 Å². The minimum absolute atomic E-state index is 0.0791. The van der Waals surface area contributed by atoms with E-state index in [1.807, 2.05) is 0 Å². The molecule has 3 aromatic rings. The van der Waals surface area contributed by atoms with E-state index in [1.54, 1.807) is 12.1 Å². The highest BCUT2D eigenvalue weighted by Gasteiger charge is 2.21. The molecule has 4 nitrogen and oxygen atoms in total. The van der Waals surface area contributed by atoms with Crippen LogP contribution in [-0.2, 0) is 10.0 Å². The van der Waals surface area contributed by atoms with Gasteiger partial charge in [0.2, 0.25) is 0 Å². The Morgan fingerprint density at radius 2 is 1.87 bits per heavy atom. The summed E-state index contributed by atoms with van der Waals surface area (Å²) in [5.74, 6) is -1.55. The van der Waals surface area contributed by atoms with Crippen LogP contribution in [0.1, 0.15) is 5.56 Å². The maximum Gasteiger partial charge on any atom is 0.264 e. The molecule has 23 heavy (non-hydrogen) atoms. The number of H-pyrrole nitrogens is 1. The lowest BCUT2D eigenvalue weighted by Crippen LogP contribution is -2.14. The molecule has 3 rings (SSSR count). The van der Waals surface area contributed by atoms with Gasteiger partial charge in [0.05, 0.1) is 5.69 Å². The monoisotopic (exact) mass is 356 g/mol. The van der Waals surface area contributed by atoms with Crippen LogP contribution in [0.15, 0.2) is 41.4 Å². The largest absolute Gasteiger partial charge is 0.360 e. The van der Waals surface area contributed by atoms with E-state index < -0.39 is 27.3 Å². The number of nitrogens with one attached hydrogen (secondary N) is 2. The molecule has 0 aliphatic carbocycles. The van der Waals surface area contributed by atoms with Crippen molar-refractivity contribution >= 4 is 38.2 Å². The number of aryl methyl sites for hydroxylation is 1. The third-order valence-electron chi connectivity index (χ3n) is 3.39. The zero-order chi connectivity index (χ0) is 16.8. The Labute approximate surface area is 136 Å². The molecule has 2 N–H and O–H groups in total. The van der Waals surface area contributed by atoms with Crippen LogP contribution in [0.4, 0.5) is 14.5 Å². The first kappa shape index (κ1) is 15.8. The zero-order valence-corrected chi connectivity index (χ0v) is 13.4. The van der Waals surface area contributed by atoms with Crippen molar-refractivity contribution in [3.8, 4) is 0 Å². The molecule has 0 saturated carbocycles. The molecular formula is C15H11ClF2N2O2S. The Morgan fingerprint density at radius 1 is 1.13 bits per heavy atom. The summed E-state index contributed by atoms with van der Waals surface area (Å²) in [4.78, 5) is 2.71. The lowest BCUT2D eigenvalue weighted by atomic mass is 10.2. The number of fused-ring (bicyclic) bond motifs is 1. The Kier molecular flexibility index (Phi) is 3.77. The van der Waals surface area contributed by atoms with Gasteiger partial charge in [-0.2, -0.15) is 0 Å². The summed E-state index contributed by atoms with van der Waals surface area (Å²) in [5.41, 5.74) is 0.164. The summed E-state index contributed by atoms with van der Waals surface area (Å²) in [6, 6.07) is 6.40. The van der Waals surface area contributed by atoms with E-state index in [9.17, 15) is 17.2 Å². The molecule has 0 radical (unpaired) electrons. The Bertz CT molecular complexity index is 1020. The van der Waals surface area contributed by atoms with Crippen LogP contribution in [0.3, 0.4) is 0 Å². The fourth-order valence-corrected chi connectivity index (χ4v) is 3.63. The fourth-order valence-electron chi connectivity index (χ4n) is 2.22. The van der Waals surface area contributed by atoms with E-state index in [-0.39, 0.29) is 10.5 Å². The Balaban J connectivity index is 2.06. The fraction of sp³-hybridized carbons (Fsp3) is 0.0667. The summed E-state index contributed by atoms with van der Waals surface area (Å²) < 4.78 is 54.4. The van der Waals surface area contributed by atoms with E-state index in [4.69, 9.17) is 11.6 Å². The smallest absolute Gasteiger partial charge is 0.264 e. The van der Waals surface area contributed by atoms with E-state index in [0.717, 1.165) is 12.1 Å². The van der Waals surface area contributed by atoms with Crippen molar-refractivity contribution in [2.24, 2.45) is 0 Å². The van der Waals surface area contributed by atoms with Gasteiger partial charge in [-0.05, 0) is 36.8 Å². The number of aromatic nitrogens is 1. The Hall–Kier alpha value is -2.12. The van der Waals surface area contributed by atoms with Crippen LogP contribution in [0, 0.1) is 18.6 Å². The SMILES string of the molecule is Cc1cc(F)c(NS(=O)(=O)c2c[nH]c3cc(Cl)ccc23)cc1F. The number of hydrogen-bond donors (Lipinski definition) is 2.